The van der Waals surface area contributed by atoms with Gasteiger partial charge in [0.15, 0.2) is 5.11 Å². The topological polar surface area (TPSA) is 35.6 Å². The van der Waals surface area contributed by atoms with E-state index >= 15 is 0 Å². The van der Waals surface area contributed by atoms with Gasteiger partial charge in [0.25, 0.3) is 5.91 Å². The third-order valence-electron chi connectivity index (χ3n) is 5.92. The zero-order valence-corrected chi connectivity index (χ0v) is 14.8. The Labute approximate surface area is 149 Å². The van der Waals surface area contributed by atoms with Crippen LogP contribution in [0.15, 0.2) is 30.3 Å². The number of piperazine rings is 1. The van der Waals surface area contributed by atoms with E-state index in [1.807, 2.05) is 35.2 Å². The van der Waals surface area contributed by atoms with Crippen LogP contribution in [0, 0.1) is 11.8 Å². The molecule has 2 bridgehead atoms. The number of nitrogens with one attached hydrogen (secondary N) is 1. The predicted molar refractivity (Wildman–Crippen MR) is 98.9 cm³/mol. The highest BCUT2D eigenvalue weighted by Gasteiger charge is 2.40. The molecule has 24 heavy (non-hydrogen) atoms. The molecule has 0 radical (unpaired) electrons. The third-order valence-corrected chi connectivity index (χ3v) is 6.30. The number of thiocarbonyl (C=S) groups is 1. The average molecular weight is 343 g/mol. The van der Waals surface area contributed by atoms with Crippen LogP contribution < -0.4 is 5.32 Å². The molecule has 3 aliphatic rings. The molecule has 4 rings (SSSR count). The van der Waals surface area contributed by atoms with Crippen molar-refractivity contribution in [1.29, 1.82) is 0 Å². The van der Waals surface area contributed by atoms with Gasteiger partial charge in [0.1, 0.15) is 0 Å². The van der Waals surface area contributed by atoms with Gasteiger partial charge >= 0.3 is 0 Å². The summed E-state index contributed by atoms with van der Waals surface area (Å²) in [5.41, 5.74) is 0.772. The van der Waals surface area contributed by atoms with E-state index in [4.69, 9.17) is 12.2 Å². The van der Waals surface area contributed by atoms with Crippen molar-refractivity contribution in [1.82, 2.24) is 15.1 Å². The van der Waals surface area contributed by atoms with Gasteiger partial charge in [-0.1, -0.05) is 24.6 Å². The lowest BCUT2D eigenvalue weighted by molar-refractivity contribution is 0.0690. The largest absolute Gasteiger partial charge is 0.360 e. The first-order valence-electron chi connectivity index (χ1n) is 9.10. The molecule has 0 spiro atoms. The van der Waals surface area contributed by atoms with E-state index in [0.717, 1.165) is 48.7 Å². The number of carbonyl (C=O) groups is 1. The Morgan fingerprint density at radius 1 is 1.00 bits per heavy atom. The maximum atomic E-state index is 12.5. The summed E-state index contributed by atoms with van der Waals surface area (Å²) in [6.07, 6.45) is 5.46. The molecule has 4 nitrogen and oxygen atoms in total. The molecule has 128 valence electrons. The molecule has 1 amide bonds. The van der Waals surface area contributed by atoms with Crippen LogP contribution in [0.4, 0.5) is 0 Å². The van der Waals surface area contributed by atoms with Gasteiger partial charge in [-0.3, -0.25) is 4.79 Å². The van der Waals surface area contributed by atoms with Gasteiger partial charge in [-0.25, -0.2) is 0 Å². The maximum Gasteiger partial charge on any atom is 0.253 e. The Morgan fingerprint density at radius 2 is 1.71 bits per heavy atom. The Morgan fingerprint density at radius 3 is 2.33 bits per heavy atom. The van der Waals surface area contributed by atoms with Crippen molar-refractivity contribution in [2.45, 2.75) is 31.7 Å². The second kappa shape index (κ2) is 6.71. The maximum absolute atomic E-state index is 12.5. The molecule has 0 unspecified atom stereocenters. The van der Waals surface area contributed by atoms with Crippen LogP contribution in [0.25, 0.3) is 0 Å². The van der Waals surface area contributed by atoms with Gasteiger partial charge in [-0.2, -0.15) is 0 Å². The monoisotopic (exact) mass is 343 g/mol. The van der Waals surface area contributed by atoms with Crippen molar-refractivity contribution >= 4 is 23.2 Å². The van der Waals surface area contributed by atoms with Crippen LogP contribution in [0.1, 0.15) is 36.0 Å². The number of carbonyl (C=O) groups excluding carboxylic acids is 1. The Kier molecular flexibility index (Phi) is 4.44. The molecule has 3 fully saturated rings. The molecular formula is C19H25N3OS. The van der Waals surface area contributed by atoms with Gasteiger partial charge < -0.3 is 15.1 Å². The molecule has 2 saturated carbocycles. The highest BCUT2D eigenvalue weighted by molar-refractivity contribution is 7.80. The van der Waals surface area contributed by atoms with Crippen molar-refractivity contribution in [3.8, 4) is 0 Å². The zero-order valence-electron chi connectivity index (χ0n) is 14.0. The number of benzene rings is 1. The second-order valence-electron chi connectivity index (χ2n) is 7.38. The molecular weight excluding hydrogens is 318 g/mol. The zero-order chi connectivity index (χ0) is 16.5. The molecule has 5 heteroatoms. The van der Waals surface area contributed by atoms with E-state index in [-0.39, 0.29) is 5.91 Å². The summed E-state index contributed by atoms with van der Waals surface area (Å²) >= 11 is 5.64. The second-order valence-corrected chi connectivity index (χ2v) is 7.76. The molecule has 0 aromatic heterocycles. The fourth-order valence-corrected chi connectivity index (χ4v) is 4.88. The fourth-order valence-electron chi connectivity index (χ4n) is 4.55. The Balaban J connectivity index is 1.28. The minimum Gasteiger partial charge on any atom is -0.360 e. The van der Waals surface area contributed by atoms with Crippen LogP contribution in [0.2, 0.25) is 0 Å². The van der Waals surface area contributed by atoms with Gasteiger partial charge in [0.05, 0.1) is 0 Å². The lowest BCUT2D eigenvalue weighted by Crippen LogP contribution is -2.55. The third kappa shape index (κ3) is 3.14. The van der Waals surface area contributed by atoms with Crippen molar-refractivity contribution in [2.75, 3.05) is 26.2 Å². The van der Waals surface area contributed by atoms with E-state index < -0.39 is 0 Å². The number of hydrogen-bond donors (Lipinski definition) is 1. The van der Waals surface area contributed by atoms with Gasteiger partial charge in [0.2, 0.25) is 0 Å². The first-order valence-corrected chi connectivity index (χ1v) is 9.51. The summed E-state index contributed by atoms with van der Waals surface area (Å²) < 4.78 is 0. The van der Waals surface area contributed by atoms with Crippen molar-refractivity contribution in [3.63, 3.8) is 0 Å². The smallest absolute Gasteiger partial charge is 0.253 e. The summed E-state index contributed by atoms with van der Waals surface area (Å²) in [5.74, 6) is 1.88. The number of fused-ring (bicyclic) bond motifs is 2. The minimum atomic E-state index is 0.127. The van der Waals surface area contributed by atoms with Gasteiger partial charge in [-0.05, 0) is 55.4 Å². The number of rotatable bonds is 2. The molecule has 1 aromatic carbocycles. The summed E-state index contributed by atoms with van der Waals surface area (Å²) in [7, 11) is 0. The molecule has 1 saturated heterocycles. The van der Waals surface area contributed by atoms with E-state index in [9.17, 15) is 4.79 Å². The Hall–Kier alpha value is -1.62. The average Bonchev–Trinajstić information content (AvgIpc) is 3.25. The van der Waals surface area contributed by atoms with Crippen molar-refractivity contribution in [2.24, 2.45) is 11.8 Å². The van der Waals surface area contributed by atoms with Crippen LogP contribution >= 0.6 is 12.2 Å². The highest BCUT2D eigenvalue weighted by atomic mass is 32.1. The molecule has 3 atom stereocenters. The number of hydrogen-bond acceptors (Lipinski definition) is 2. The molecule has 1 aromatic rings. The van der Waals surface area contributed by atoms with E-state index in [1.165, 1.54) is 25.7 Å². The summed E-state index contributed by atoms with van der Waals surface area (Å²) in [6.45, 7) is 3.13. The fraction of sp³-hybridized carbons (Fsp3) is 0.579. The van der Waals surface area contributed by atoms with Crippen LogP contribution in [-0.4, -0.2) is 53.0 Å². The first-order chi connectivity index (χ1) is 11.7. The van der Waals surface area contributed by atoms with Gasteiger partial charge in [-0.15, -0.1) is 0 Å². The molecule has 1 aliphatic heterocycles. The lowest BCUT2D eigenvalue weighted by atomic mass is 9.95. The van der Waals surface area contributed by atoms with Crippen LogP contribution in [0.5, 0.6) is 0 Å². The normalized spacial score (nSPS) is 28.9. The first kappa shape index (κ1) is 15.9. The minimum absolute atomic E-state index is 0.127. The molecule has 1 heterocycles. The lowest BCUT2D eigenvalue weighted by Gasteiger charge is -2.37. The van der Waals surface area contributed by atoms with E-state index in [1.54, 1.807) is 0 Å². The number of amides is 1. The SMILES string of the molecule is O=C(c1ccccc1)N1CCN(C(=S)N[C@@H]2C[C@@H]3CC[C@@H]2C3)CC1. The molecule has 1 N–H and O–H groups in total. The van der Waals surface area contributed by atoms with Gasteiger partial charge in [0, 0.05) is 37.8 Å². The Bertz CT molecular complexity index is 612. The van der Waals surface area contributed by atoms with Crippen molar-refractivity contribution < 1.29 is 4.79 Å². The van der Waals surface area contributed by atoms with E-state index in [0.29, 0.717) is 6.04 Å². The summed E-state index contributed by atoms with van der Waals surface area (Å²) in [4.78, 5) is 16.7. The molecule has 2 aliphatic carbocycles. The van der Waals surface area contributed by atoms with Crippen LogP contribution in [-0.2, 0) is 0 Å². The van der Waals surface area contributed by atoms with E-state index in [2.05, 4.69) is 10.2 Å². The highest BCUT2D eigenvalue weighted by Crippen LogP contribution is 2.44. The van der Waals surface area contributed by atoms with Crippen molar-refractivity contribution in [3.05, 3.63) is 35.9 Å². The predicted octanol–water partition coefficient (Wildman–Crippen LogP) is 2.51. The summed E-state index contributed by atoms with van der Waals surface area (Å²) in [5, 5.41) is 4.50. The summed E-state index contributed by atoms with van der Waals surface area (Å²) in [6, 6.07) is 10.1. The number of nitrogens with zero attached hydrogens (tertiary/aromatic N) is 2. The standard InChI is InChI=1S/C19H25N3OS/c23-18(15-4-2-1-3-5-15)21-8-10-22(11-9-21)19(24)20-17-13-14-6-7-16(17)12-14/h1-5,14,16-17H,6-13H2,(H,20,24)/t14-,16-,17-/m1/s1. The quantitative estimate of drug-likeness (QED) is 0.837. The van der Waals surface area contributed by atoms with Crippen LogP contribution in [0.3, 0.4) is 0 Å².